The molecule has 2 bridgehead atoms. The zero-order valence-corrected chi connectivity index (χ0v) is 10.7. The molecule has 3 saturated heterocycles. The first-order chi connectivity index (χ1) is 8.20. The minimum absolute atomic E-state index is 0.148. The summed E-state index contributed by atoms with van der Waals surface area (Å²) in [6.07, 6.45) is 4.01. The van der Waals surface area contributed by atoms with Crippen LogP contribution in [-0.4, -0.2) is 24.5 Å². The number of rotatable bonds is 2. The van der Waals surface area contributed by atoms with Gasteiger partial charge in [0.05, 0.1) is 0 Å². The van der Waals surface area contributed by atoms with Gasteiger partial charge in [-0.05, 0) is 62.4 Å². The molecular weight excluding hydrogens is 208 g/mol. The Morgan fingerprint density at radius 3 is 2.06 bits per heavy atom. The molecule has 0 aromatic heterocycles. The number of benzene rings is 1. The largest absolute Gasteiger partial charge is 0.324 e. The number of hydrogen-bond acceptors (Lipinski definition) is 2. The topological polar surface area (TPSA) is 29.3 Å². The summed E-state index contributed by atoms with van der Waals surface area (Å²) in [6.45, 7) is 5.91. The van der Waals surface area contributed by atoms with Crippen LogP contribution in [0.15, 0.2) is 24.3 Å². The van der Waals surface area contributed by atoms with Crippen molar-refractivity contribution in [3.63, 3.8) is 0 Å². The number of nitrogens with two attached hydrogens (primary N) is 1. The molecule has 17 heavy (non-hydrogen) atoms. The Morgan fingerprint density at radius 2 is 1.59 bits per heavy atom. The lowest BCUT2D eigenvalue weighted by Crippen LogP contribution is -2.50. The van der Waals surface area contributed by atoms with E-state index < -0.39 is 0 Å². The molecule has 0 saturated carbocycles. The average molecular weight is 230 g/mol. The average Bonchev–Trinajstić information content (AvgIpc) is 2.41. The van der Waals surface area contributed by atoms with E-state index in [1.54, 1.807) is 5.56 Å². The molecule has 3 fully saturated rings. The van der Waals surface area contributed by atoms with Gasteiger partial charge in [-0.15, -0.1) is 0 Å². The summed E-state index contributed by atoms with van der Waals surface area (Å²) < 4.78 is 0. The molecule has 1 aromatic carbocycles. The van der Waals surface area contributed by atoms with E-state index in [1.807, 2.05) is 6.92 Å². The lowest BCUT2D eigenvalue weighted by atomic mass is 9.67. The van der Waals surface area contributed by atoms with Crippen molar-refractivity contribution in [1.82, 2.24) is 4.90 Å². The Bertz CT molecular complexity index is 372. The lowest BCUT2D eigenvalue weighted by Gasteiger charge is -2.49. The molecule has 2 nitrogen and oxygen atoms in total. The standard InChI is InChI=1S/C15H22N2/c1-12(16)13-2-4-14(5-3-13)15-6-9-17(10-7-15)11-8-15/h2-5,12H,6-11,16H2,1H3. The summed E-state index contributed by atoms with van der Waals surface area (Å²) in [5.41, 5.74) is 9.18. The second-order valence-corrected chi connectivity index (χ2v) is 5.78. The highest BCUT2D eigenvalue weighted by Gasteiger charge is 2.40. The summed E-state index contributed by atoms with van der Waals surface area (Å²) in [7, 11) is 0. The van der Waals surface area contributed by atoms with Crippen LogP contribution in [0.3, 0.4) is 0 Å². The first-order valence-electron chi connectivity index (χ1n) is 6.78. The smallest absolute Gasteiger partial charge is 0.0266 e. The van der Waals surface area contributed by atoms with E-state index in [0.29, 0.717) is 5.41 Å². The zero-order chi connectivity index (χ0) is 11.9. The zero-order valence-electron chi connectivity index (χ0n) is 10.7. The third-order valence-electron chi connectivity index (χ3n) is 4.77. The fourth-order valence-electron chi connectivity index (χ4n) is 3.40. The predicted molar refractivity (Wildman–Crippen MR) is 71.0 cm³/mol. The van der Waals surface area contributed by atoms with E-state index >= 15 is 0 Å². The van der Waals surface area contributed by atoms with Crippen LogP contribution in [0.5, 0.6) is 0 Å². The van der Waals surface area contributed by atoms with E-state index in [2.05, 4.69) is 29.2 Å². The van der Waals surface area contributed by atoms with Gasteiger partial charge >= 0.3 is 0 Å². The van der Waals surface area contributed by atoms with Crippen LogP contribution >= 0.6 is 0 Å². The van der Waals surface area contributed by atoms with Gasteiger partial charge in [-0.3, -0.25) is 0 Å². The van der Waals surface area contributed by atoms with Crippen molar-refractivity contribution in [2.75, 3.05) is 19.6 Å². The second kappa shape index (κ2) is 4.11. The highest BCUT2D eigenvalue weighted by atomic mass is 15.1. The molecule has 1 aromatic rings. The monoisotopic (exact) mass is 230 g/mol. The maximum Gasteiger partial charge on any atom is 0.0266 e. The van der Waals surface area contributed by atoms with Gasteiger partial charge in [-0.2, -0.15) is 0 Å². The first kappa shape index (κ1) is 11.2. The molecule has 4 rings (SSSR count). The highest BCUT2D eigenvalue weighted by Crippen LogP contribution is 2.42. The Labute approximate surface area is 104 Å². The van der Waals surface area contributed by atoms with Crippen LogP contribution in [0, 0.1) is 0 Å². The second-order valence-electron chi connectivity index (χ2n) is 5.78. The Balaban J connectivity index is 1.88. The first-order valence-corrected chi connectivity index (χ1v) is 6.78. The molecule has 0 amide bonds. The number of hydrogen-bond donors (Lipinski definition) is 1. The van der Waals surface area contributed by atoms with Crippen molar-refractivity contribution in [3.8, 4) is 0 Å². The highest BCUT2D eigenvalue weighted by molar-refractivity contribution is 5.32. The van der Waals surface area contributed by atoms with Crippen LogP contribution < -0.4 is 5.73 Å². The Morgan fingerprint density at radius 1 is 1.06 bits per heavy atom. The maximum atomic E-state index is 5.91. The van der Waals surface area contributed by atoms with Gasteiger partial charge in [0.2, 0.25) is 0 Å². The fourth-order valence-corrected chi connectivity index (χ4v) is 3.40. The van der Waals surface area contributed by atoms with E-state index in [1.165, 1.54) is 44.5 Å². The molecule has 2 N–H and O–H groups in total. The van der Waals surface area contributed by atoms with E-state index in [4.69, 9.17) is 5.73 Å². The molecule has 2 heteroatoms. The van der Waals surface area contributed by atoms with Crippen LogP contribution in [0.25, 0.3) is 0 Å². The summed E-state index contributed by atoms with van der Waals surface area (Å²) in [5.74, 6) is 0. The number of fused-ring (bicyclic) bond motifs is 3. The minimum Gasteiger partial charge on any atom is -0.324 e. The van der Waals surface area contributed by atoms with Crippen LogP contribution in [0.2, 0.25) is 0 Å². The molecular formula is C15H22N2. The van der Waals surface area contributed by atoms with Crippen molar-refractivity contribution in [2.45, 2.75) is 37.6 Å². The molecule has 1 atom stereocenters. The summed E-state index contributed by atoms with van der Waals surface area (Å²) >= 11 is 0. The van der Waals surface area contributed by atoms with Crippen LogP contribution in [0.1, 0.15) is 43.4 Å². The molecule has 92 valence electrons. The Hall–Kier alpha value is -0.860. The third kappa shape index (κ3) is 1.90. The summed E-state index contributed by atoms with van der Waals surface area (Å²) in [4.78, 5) is 2.60. The Kier molecular flexibility index (Phi) is 2.72. The van der Waals surface area contributed by atoms with Gasteiger partial charge in [0.1, 0.15) is 0 Å². The van der Waals surface area contributed by atoms with Crippen molar-refractivity contribution in [2.24, 2.45) is 5.73 Å². The number of piperidine rings is 3. The molecule has 3 aliphatic rings. The molecule has 1 unspecified atom stereocenters. The van der Waals surface area contributed by atoms with Crippen LogP contribution in [-0.2, 0) is 5.41 Å². The van der Waals surface area contributed by atoms with E-state index in [0.717, 1.165) is 0 Å². The lowest BCUT2D eigenvalue weighted by molar-refractivity contribution is 0.0818. The normalized spacial score (nSPS) is 33.6. The summed E-state index contributed by atoms with van der Waals surface area (Å²) in [6, 6.07) is 9.22. The molecule has 3 heterocycles. The minimum atomic E-state index is 0.148. The molecule has 0 spiro atoms. The van der Waals surface area contributed by atoms with Gasteiger partial charge in [0, 0.05) is 6.04 Å². The SMILES string of the molecule is CC(N)c1ccc(C23CCN(CC2)CC3)cc1. The quantitative estimate of drug-likeness (QED) is 0.845. The van der Waals surface area contributed by atoms with Gasteiger partial charge in [-0.25, -0.2) is 0 Å². The van der Waals surface area contributed by atoms with Crippen molar-refractivity contribution in [1.29, 1.82) is 0 Å². The van der Waals surface area contributed by atoms with Gasteiger partial charge in [-0.1, -0.05) is 24.3 Å². The van der Waals surface area contributed by atoms with Gasteiger partial charge in [0.25, 0.3) is 0 Å². The van der Waals surface area contributed by atoms with E-state index in [-0.39, 0.29) is 6.04 Å². The molecule has 3 aliphatic heterocycles. The maximum absolute atomic E-state index is 5.91. The van der Waals surface area contributed by atoms with Crippen molar-refractivity contribution in [3.05, 3.63) is 35.4 Å². The third-order valence-corrected chi connectivity index (χ3v) is 4.77. The molecule has 0 radical (unpaired) electrons. The van der Waals surface area contributed by atoms with Crippen LogP contribution in [0.4, 0.5) is 0 Å². The van der Waals surface area contributed by atoms with Crippen molar-refractivity contribution < 1.29 is 0 Å². The van der Waals surface area contributed by atoms with Gasteiger partial charge in [0.15, 0.2) is 0 Å². The van der Waals surface area contributed by atoms with E-state index in [9.17, 15) is 0 Å². The van der Waals surface area contributed by atoms with Gasteiger partial charge < -0.3 is 10.6 Å². The predicted octanol–water partition coefficient (Wildman–Crippen LogP) is 2.44. The van der Waals surface area contributed by atoms with Crippen molar-refractivity contribution >= 4 is 0 Å². The number of nitrogens with zero attached hydrogens (tertiary/aromatic N) is 1. The molecule has 0 aliphatic carbocycles. The summed E-state index contributed by atoms with van der Waals surface area (Å²) in [5, 5.41) is 0. The fraction of sp³-hybridized carbons (Fsp3) is 0.600.